The summed E-state index contributed by atoms with van der Waals surface area (Å²) in [5.74, 6) is -11.1. The summed E-state index contributed by atoms with van der Waals surface area (Å²) in [5, 5.41) is 8.97. The SMILES string of the molecule is CCN(C1=NC(=O)CS1)c1ccc(C(F)(F)C(O)(F)C(F)(F)F)cc1. The molecule has 1 aliphatic heterocycles. The fourth-order valence-electron chi connectivity index (χ4n) is 2.08. The molecule has 1 heterocycles. The molecule has 1 amide bonds. The van der Waals surface area contributed by atoms with Crippen LogP contribution < -0.4 is 4.90 Å². The number of rotatable bonds is 4. The van der Waals surface area contributed by atoms with Crippen molar-refractivity contribution in [1.82, 2.24) is 0 Å². The predicted molar refractivity (Wildman–Crippen MR) is 80.4 cm³/mol. The van der Waals surface area contributed by atoms with Crippen LogP contribution in [0.1, 0.15) is 12.5 Å². The third-order valence-corrected chi connectivity index (χ3v) is 4.39. The standard InChI is InChI=1S/C14H12F6N2O2S/c1-2-22(11-21-10(23)7-25-11)9-5-3-8(4-6-9)12(15,16)13(17,24)14(18,19)20/h3-6,24H,2,7H2,1H3. The summed E-state index contributed by atoms with van der Waals surface area (Å²) in [5.41, 5.74) is -1.07. The van der Waals surface area contributed by atoms with Gasteiger partial charge in [0.25, 0.3) is 5.91 Å². The summed E-state index contributed by atoms with van der Waals surface area (Å²) in [4.78, 5) is 16.4. The third kappa shape index (κ3) is 3.47. The zero-order chi connectivity index (χ0) is 19.0. The predicted octanol–water partition coefficient (Wildman–Crippen LogP) is 3.45. The highest BCUT2D eigenvalue weighted by Gasteiger charge is 2.71. The largest absolute Gasteiger partial charge is 0.455 e. The quantitative estimate of drug-likeness (QED) is 0.806. The fraction of sp³-hybridized carbons (Fsp3) is 0.429. The van der Waals surface area contributed by atoms with Crippen molar-refractivity contribution in [3.8, 4) is 0 Å². The van der Waals surface area contributed by atoms with Crippen LogP contribution in [0, 0.1) is 0 Å². The normalized spacial score (nSPS) is 18.1. The van der Waals surface area contributed by atoms with Gasteiger partial charge in [0.15, 0.2) is 5.17 Å². The van der Waals surface area contributed by atoms with Gasteiger partial charge >= 0.3 is 18.0 Å². The van der Waals surface area contributed by atoms with Gasteiger partial charge in [0, 0.05) is 17.8 Å². The molecule has 0 spiro atoms. The number of carbonyl (C=O) groups is 1. The van der Waals surface area contributed by atoms with Crippen LogP contribution in [0.15, 0.2) is 29.3 Å². The molecule has 4 nitrogen and oxygen atoms in total. The van der Waals surface area contributed by atoms with Crippen LogP contribution in [0.2, 0.25) is 0 Å². The summed E-state index contributed by atoms with van der Waals surface area (Å²) >= 11 is 1.12. The van der Waals surface area contributed by atoms with E-state index in [4.69, 9.17) is 5.11 Å². The van der Waals surface area contributed by atoms with E-state index in [1.54, 1.807) is 6.92 Å². The third-order valence-electron chi connectivity index (χ3n) is 3.43. The number of amides is 1. The second-order valence-electron chi connectivity index (χ2n) is 5.06. The van der Waals surface area contributed by atoms with E-state index in [9.17, 15) is 31.1 Å². The van der Waals surface area contributed by atoms with Crippen molar-refractivity contribution in [3.05, 3.63) is 29.8 Å². The number of amidine groups is 1. The van der Waals surface area contributed by atoms with Crippen LogP contribution in [0.5, 0.6) is 0 Å². The number of hydrogen-bond acceptors (Lipinski definition) is 4. The van der Waals surface area contributed by atoms with E-state index in [0.29, 0.717) is 23.8 Å². The van der Waals surface area contributed by atoms with Crippen molar-refractivity contribution in [1.29, 1.82) is 0 Å². The highest BCUT2D eigenvalue weighted by Crippen LogP contribution is 2.49. The van der Waals surface area contributed by atoms with Crippen molar-refractivity contribution in [2.75, 3.05) is 17.2 Å². The van der Waals surface area contributed by atoms with Crippen molar-refractivity contribution >= 4 is 28.5 Å². The van der Waals surface area contributed by atoms with Crippen molar-refractivity contribution < 1.29 is 36.2 Å². The monoisotopic (exact) mass is 386 g/mol. The molecule has 1 atom stereocenters. The molecule has 0 aliphatic carbocycles. The first-order valence-electron chi connectivity index (χ1n) is 6.90. The molecule has 138 valence electrons. The molecule has 0 fully saturated rings. The van der Waals surface area contributed by atoms with Gasteiger partial charge in [-0.25, -0.2) is 0 Å². The first kappa shape index (κ1) is 19.6. The average molecular weight is 386 g/mol. The minimum atomic E-state index is -6.17. The zero-order valence-electron chi connectivity index (χ0n) is 12.6. The summed E-state index contributed by atoms with van der Waals surface area (Å²) in [7, 11) is 0. The molecule has 1 unspecified atom stereocenters. The van der Waals surface area contributed by atoms with Crippen LogP contribution in [-0.4, -0.2) is 40.5 Å². The van der Waals surface area contributed by atoms with Crippen LogP contribution in [0.25, 0.3) is 0 Å². The van der Waals surface area contributed by atoms with E-state index in [1.807, 2.05) is 0 Å². The smallest absolute Gasteiger partial charge is 0.350 e. The minimum absolute atomic E-state index is 0.127. The Bertz CT molecular complexity index is 688. The lowest BCUT2D eigenvalue weighted by molar-refractivity contribution is -0.390. The first-order valence-corrected chi connectivity index (χ1v) is 7.88. The van der Waals surface area contributed by atoms with Gasteiger partial charge in [0.1, 0.15) is 0 Å². The van der Waals surface area contributed by atoms with Gasteiger partial charge in [-0.15, -0.1) is 0 Å². The highest BCUT2D eigenvalue weighted by atomic mass is 32.2. The van der Waals surface area contributed by atoms with E-state index in [0.717, 1.165) is 23.9 Å². The molecule has 25 heavy (non-hydrogen) atoms. The van der Waals surface area contributed by atoms with Crippen LogP contribution in [0.4, 0.5) is 32.0 Å². The molecule has 2 rings (SSSR count). The Hall–Kier alpha value is -1.75. The Balaban J connectivity index is 2.33. The number of hydrogen-bond donors (Lipinski definition) is 1. The molecular formula is C14H12F6N2O2S. The summed E-state index contributed by atoms with van der Waals surface area (Å²) in [6.45, 7) is 2.00. The lowest BCUT2D eigenvalue weighted by Gasteiger charge is -2.30. The fourth-order valence-corrected chi connectivity index (χ4v) is 2.96. The van der Waals surface area contributed by atoms with Gasteiger partial charge in [-0.05, 0) is 19.1 Å². The van der Waals surface area contributed by atoms with Gasteiger partial charge in [0.2, 0.25) is 0 Å². The van der Waals surface area contributed by atoms with E-state index in [-0.39, 0.29) is 17.3 Å². The average Bonchev–Trinajstić information content (AvgIpc) is 2.93. The van der Waals surface area contributed by atoms with E-state index >= 15 is 0 Å². The number of carbonyl (C=O) groups excluding carboxylic acids is 1. The van der Waals surface area contributed by atoms with Crippen LogP contribution in [0.3, 0.4) is 0 Å². The molecule has 1 aromatic rings. The minimum Gasteiger partial charge on any atom is -0.350 e. The number of halogens is 6. The topological polar surface area (TPSA) is 52.9 Å². The van der Waals surface area contributed by atoms with Gasteiger partial charge < -0.3 is 10.0 Å². The van der Waals surface area contributed by atoms with Crippen LogP contribution in [-0.2, 0) is 10.7 Å². The lowest BCUT2D eigenvalue weighted by atomic mass is 10.0. The van der Waals surface area contributed by atoms with Gasteiger partial charge in [-0.3, -0.25) is 4.79 Å². The molecule has 0 bridgehead atoms. The second-order valence-corrected chi connectivity index (χ2v) is 6.00. The Kier molecular flexibility index (Phi) is 5.11. The molecule has 1 aliphatic rings. The first-order chi connectivity index (χ1) is 11.4. The van der Waals surface area contributed by atoms with Gasteiger partial charge in [-0.1, -0.05) is 23.9 Å². The maximum absolute atomic E-state index is 13.8. The molecule has 11 heteroatoms. The van der Waals surface area contributed by atoms with Crippen LogP contribution >= 0.6 is 11.8 Å². The lowest BCUT2D eigenvalue weighted by Crippen LogP contribution is -2.53. The zero-order valence-corrected chi connectivity index (χ0v) is 13.5. The number of anilines is 1. The Morgan fingerprint density at radius 3 is 2.12 bits per heavy atom. The molecular weight excluding hydrogens is 374 g/mol. The Morgan fingerprint density at radius 1 is 1.16 bits per heavy atom. The molecule has 1 aromatic carbocycles. The molecule has 1 N–H and O–H groups in total. The molecule has 0 aromatic heterocycles. The number of nitrogens with zero attached hydrogens (tertiary/aromatic N) is 2. The summed E-state index contributed by atoms with van der Waals surface area (Å²) in [6, 6.07) is 3.22. The summed E-state index contributed by atoms with van der Waals surface area (Å²) < 4.78 is 77.9. The number of benzene rings is 1. The highest BCUT2D eigenvalue weighted by molar-refractivity contribution is 8.15. The maximum atomic E-state index is 13.8. The molecule has 0 saturated carbocycles. The van der Waals surface area contributed by atoms with Crippen molar-refractivity contribution in [2.24, 2.45) is 4.99 Å². The van der Waals surface area contributed by atoms with Crippen molar-refractivity contribution in [2.45, 2.75) is 24.9 Å². The van der Waals surface area contributed by atoms with E-state index in [2.05, 4.69) is 4.99 Å². The van der Waals surface area contributed by atoms with E-state index in [1.165, 1.54) is 4.90 Å². The molecule has 0 radical (unpaired) electrons. The number of alkyl halides is 6. The Labute approximate surface area is 142 Å². The maximum Gasteiger partial charge on any atom is 0.455 e. The number of aliphatic hydroxyl groups is 1. The Morgan fingerprint density at radius 2 is 1.72 bits per heavy atom. The molecule has 0 saturated heterocycles. The van der Waals surface area contributed by atoms with Crippen molar-refractivity contribution in [3.63, 3.8) is 0 Å². The van der Waals surface area contributed by atoms with Gasteiger partial charge in [-0.2, -0.15) is 31.3 Å². The second kappa shape index (κ2) is 6.52. The summed E-state index contributed by atoms with van der Waals surface area (Å²) in [6.07, 6.45) is -6.17. The number of aliphatic imine (C=N–C) groups is 1. The van der Waals surface area contributed by atoms with Gasteiger partial charge in [0.05, 0.1) is 5.75 Å². The van der Waals surface area contributed by atoms with E-state index < -0.39 is 23.5 Å². The number of thioether (sulfide) groups is 1.